The first kappa shape index (κ1) is 11.4. The van der Waals surface area contributed by atoms with Crippen LogP contribution in [0.4, 0.5) is 5.69 Å². The maximum absolute atomic E-state index is 11.8. The number of carbonyl (C=O) groups is 1. The summed E-state index contributed by atoms with van der Waals surface area (Å²) >= 11 is 2.20. The van der Waals surface area contributed by atoms with Crippen molar-refractivity contribution in [3.8, 4) is 0 Å². The molecule has 0 atom stereocenters. The van der Waals surface area contributed by atoms with Crippen molar-refractivity contribution in [1.82, 2.24) is 0 Å². The Hall–Kier alpha value is -1.08. The maximum Gasteiger partial charge on any atom is 0.297 e. The summed E-state index contributed by atoms with van der Waals surface area (Å²) in [6.45, 7) is 0.603. The average Bonchev–Trinajstić information content (AvgIpc) is 2.31. The molecule has 1 heterocycles. The molecule has 0 radical (unpaired) electrons. The molecule has 1 aliphatic rings. The van der Waals surface area contributed by atoms with E-state index in [4.69, 9.17) is 5.26 Å². The van der Waals surface area contributed by atoms with Crippen LogP contribution in [0.25, 0.3) is 0 Å². The largest absolute Gasteiger partial charge is 0.335 e. The van der Waals surface area contributed by atoms with Gasteiger partial charge in [-0.15, -0.1) is 0 Å². The Morgan fingerprint density at radius 2 is 2.00 bits per heavy atom. The zero-order chi connectivity index (χ0) is 11.5. The minimum atomic E-state index is -0.310. The van der Waals surface area contributed by atoms with Gasteiger partial charge in [-0.25, -0.2) is 5.26 Å². The van der Waals surface area contributed by atoms with Crippen LogP contribution in [-0.2, 0) is 9.68 Å². The first-order chi connectivity index (χ1) is 7.72. The summed E-state index contributed by atoms with van der Waals surface area (Å²) in [4.78, 5) is 17.4. The zero-order valence-electron chi connectivity index (χ0n) is 8.39. The van der Waals surface area contributed by atoms with E-state index in [1.54, 1.807) is 11.0 Å². The van der Waals surface area contributed by atoms with Crippen molar-refractivity contribution in [3.63, 3.8) is 0 Å². The molecule has 4 nitrogen and oxygen atoms in total. The lowest BCUT2D eigenvalue weighted by molar-refractivity contribution is -0.205. The van der Waals surface area contributed by atoms with Crippen molar-refractivity contribution in [2.45, 2.75) is 6.42 Å². The molecule has 16 heavy (non-hydrogen) atoms. The molecule has 1 amide bonds. The van der Waals surface area contributed by atoms with E-state index in [-0.39, 0.29) is 11.7 Å². The number of halogens is 1. The number of hydrogen-bond acceptors (Lipinski definition) is 3. The second kappa shape index (κ2) is 4.84. The molecule has 0 bridgehead atoms. The lowest BCUT2D eigenvalue weighted by atomic mass is 10.2. The van der Waals surface area contributed by atoms with Gasteiger partial charge in [0.1, 0.15) is 0 Å². The van der Waals surface area contributed by atoms with E-state index in [0.717, 1.165) is 9.26 Å². The SMILES string of the molecule is O=C1C(OO)=CCCN1c1ccc(I)cc1. The van der Waals surface area contributed by atoms with Crippen molar-refractivity contribution >= 4 is 34.2 Å². The lowest BCUT2D eigenvalue weighted by Gasteiger charge is -2.25. The predicted octanol–water partition coefficient (Wildman–Crippen LogP) is 2.40. The summed E-state index contributed by atoms with van der Waals surface area (Å²) in [6, 6.07) is 7.61. The van der Waals surface area contributed by atoms with Crippen LogP contribution in [0.2, 0.25) is 0 Å². The number of benzene rings is 1. The van der Waals surface area contributed by atoms with E-state index in [1.165, 1.54) is 0 Å². The van der Waals surface area contributed by atoms with Crippen LogP contribution in [0, 0.1) is 3.57 Å². The number of carbonyl (C=O) groups excluding carboxylic acids is 1. The molecule has 1 aromatic rings. The quantitative estimate of drug-likeness (QED) is 0.514. The number of nitrogens with zero attached hydrogens (tertiary/aromatic N) is 1. The molecule has 1 aliphatic heterocycles. The topological polar surface area (TPSA) is 49.8 Å². The molecular formula is C11H10INO3. The Labute approximate surface area is 107 Å². The van der Waals surface area contributed by atoms with E-state index in [9.17, 15) is 4.79 Å². The van der Waals surface area contributed by atoms with Crippen LogP contribution >= 0.6 is 22.6 Å². The first-order valence-electron chi connectivity index (χ1n) is 4.81. The van der Waals surface area contributed by atoms with Gasteiger partial charge in [0.25, 0.3) is 5.91 Å². The fraction of sp³-hybridized carbons (Fsp3) is 0.182. The first-order valence-corrected chi connectivity index (χ1v) is 5.89. The normalized spacial score (nSPS) is 16.0. The van der Waals surface area contributed by atoms with Gasteiger partial charge in [-0.1, -0.05) is 0 Å². The Balaban J connectivity index is 2.26. The van der Waals surface area contributed by atoms with E-state index in [1.807, 2.05) is 24.3 Å². The van der Waals surface area contributed by atoms with Crippen molar-refractivity contribution in [3.05, 3.63) is 39.7 Å². The fourth-order valence-corrected chi connectivity index (χ4v) is 1.95. The van der Waals surface area contributed by atoms with Crippen molar-refractivity contribution in [2.75, 3.05) is 11.4 Å². The van der Waals surface area contributed by atoms with Gasteiger partial charge in [0.15, 0.2) is 0 Å². The summed E-state index contributed by atoms with van der Waals surface area (Å²) < 4.78 is 1.11. The third-order valence-electron chi connectivity index (χ3n) is 2.38. The van der Waals surface area contributed by atoms with Gasteiger partial charge in [-0.2, -0.15) is 0 Å². The summed E-state index contributed by atoms with van der Waals surface area (Å²) in [7, 11) is 0. The van der Waals surface area contributed by atoms with Gasteiger partial charge < -0.3 is 9.79 Å². The minimum absolute atomic E-state index is 0.00944. The number of hydrogen-bond donors (Lipinski definition) is 1. The van der Waals surface area contributed by atoms with Crippen molar-refractivity contribution in [1.29, 1.82) is 0 Å². The van der Waals surface area contributed by atoms with Gasteiger partial charge in [0, 0.05) is 15.8 Å². The summed E-state index contributed by atoms with van der Waals surface area (Å²) in [5.41, 5.74) is 0.813. The molecule has 0 saturated heterocycles. The summed E-state index contributed by atoms with van der Waals surface area (Å²) in [6.07, 6.45) is 2.26. The van der Waals surface area contributed by atoms with Crippen LogP contribution in [0.1, 0.15) is 6.42 Å². The lowest BCUT2D eigenvalue weighted by Crippen LogP contribution is -2.36. The molecule has 2 rings (SSSR count). The number of amides is 1. The third-order valence-corrected chi connectivity index (χ3v) is 3.09. The second-order valence-corrected chi connectivity index (χ2v) is 4.63. The molecule has 1 N–H and O–H groups in total. The van der Waals surface area contributed by atoms with Gasteiger partial charge >= 0.3 is 0 Å². The summed E-state index contributed by atoms with van der Waals surface area (Å²) in [5.74, 6) is -0.320. The maximum atomic E-state index is 11.8. The summed E-state index contributed by atoms with van der Waals surface area (Å²) in [5, 5.41) is 8.55. The smallest absolute Gasteiger partial charge is 0.297 e. The monoisotopic (exact) mass is 331 g/mol. The van der Waals surface area contributed by atoms with Gasteiger partial charge in [-0.05, 0) is 59.4 Å². The average molecular weight is 331 g/mol. The van der Waals surface area contributed by atoms with E-state index < -0.39 is 0 Å². The van der Waals surface area contributed by atoms with Crippen molar-refractivity contribution < 1.29 is 14.9 Å². The fourth-order valence-electron chi connectivity index (χ4n) is 1.59. The van der Waals surface area contributed by atoms with Crippen LogP contribution < -0.4 is 4.90 Å². The van der Waals surface area contributed by atoms with Gasteiger partial charge in [0.05, 0.1) is 0 Å². The third kappa shape index (κ3) is 2.19. The Kier molecular flexibility index (Phi) is 3.45. The van der Waals surface area contributed by atoms with Crippen LogP contribution in [0.3, 0.4) is 0 Å². The molecule has 0 fully saturated rings. The minimum Gasteiger partial charge on any atom is -0.335 e. The van der Waals surface area contributed by atoms with Crippen LogP contribution in [0.15, 0.2) is 36.1 Å². The van der Waals surface area contributed by atoms with E-state index in [2.05, 4.69) is 27.5 Å². The molecule has 1 aromatic carbocycles. The molecule has 84 valence electrons. The number of anilines is 1. The van der Waals surface area contributed by atoms with Crippen LogP contribution in [0.5, 0.6) is 0 Å². The predicted molar refractivity (Wildman–Crippen MR) is 67.9 cm³/mol. The molecule has 0 spiro atoms. The standard InChI is InChI=1S/C11H10INO3/c12-8-3-5-9(6-4-8)13-7-1-2-10(16-15)11(13)14/h2-6,15H,1,7H2. The molecule has 5 heteroatoms. The molecule has 0 aliphatic carbocycles. The molecular weight excluding hydrogens is 321 g/mol. The Bertz CT molecular complexity index is 427. The molecule has 0 aromatic heterocycles. The Morgan fingerprint density at radius 3 is 2.62 bits per heavy atom. The second-order valence-electron chi connectivity index (χ2n) is 3.38. The highest BCUT2D eigenvalue weighted by Gasteiger charge is 2.24. The highest BCUT2D eigenvalue weighted by molar-refractivity contribution is 14.1. The number of rotatable bonds is 2. The van der Waals surface area contributed by atoms with E-state index >= 15 is 0 Å². The van der Waals surface area contributed by atoms with Crippen LogP contribution in [-0.4, -0.2) is 17.7 Å². The van der Waals surface area contributed by atoms with Gasteiger partial charge in [0.2, 0.25) is 5.76 Å². The zero-order valence-corrected chi connectivity index (χ0v) is 10.5. The molecule has 0 unspecified atom stereocenters. The van der Waals surface area contributed by atoms with E-state index in [0.29, 0.717) is 13.0 Å². The molecule has 0 saturated carbocycles. The highest BCUT2D eigenvalue weighted by Crippen LogP contribution is 2.22. The Morgan fingerprint density at radius 1 is 1.31 bits per heavy atom. The van der Waals surface area contributed by atoms with Crippen molar-refractivity contribution in [2.24, 2.45) is 0 Å². The van der Waals surface area contributed by atoms with Gasteiger partial charge in [-0.3, -0.25) is 4.79 Å². The highest BCUT2D eigenvalue weighted by atomic mass is 127.